The molecule has 1 saturated heterocycles. The number of nitrogens with zero attached hydrogens (tertiary/aromatic N) is 1. The number of hydrogen-bond acceptors (Lipinski definition) is 3. The molecule has 1 aliphatic heterocycles. The standard InChI is InChI=1S/C17H21BrN2O4/c1-11(16(22)20-9-5-8-14(20)17(23)24)19-15(21)13(18)10-12-6-3-2-4-7-12/h2-4,6-7,11,13-14H,5,8-10H2,1H3,(H,19,21)(H,23,24)/t11-,13?,14-/m0/s1. The number of alkyl halides is 1. The molecule has 1 unspecified atom stereocenters. The second-order valence-electron chi connectivity index (χ2n) is 5.92. The first-order valence-corrected chi connectivity index (χ1v) is 8.83. The molecule has 2 amide bonds. The molecule has 1 aromatic rings. The van der Waals surface area contributed by atoms with Crippen molar-refractivity contribution in [1.29, 1.82) is 0 Å². The average molecular weight is 397 g/mol. The summed E-state index contributed by atoms with van der Waals surface area (Å²) < 4.78 is 0. The zero-order chi connectivity index (χ0) is 17.7. The van der Waals surface area contributed by atoms with Crippen LogP contribution >= 0.6 is 15.9 Å². The fourth-order valence-electron chi connectivity index (χ4n) is 2.82. The number of aliphatic carboxylic acids is 1. The van der Waals surface area contributed by atoms with Gasteiger partial charge in [0.2, 0.25) is 11.8 Å². The van der Waals surface area contributed by atoms with Crippen molar-refractivity contribution in [3.8, 4) is 0 Å². The molecule has 6 nitrogen and oxygen atoms in total. The van der Waals surface area contributed by atoms with Crippen LogP contribution in [0.25, 0.3) is 0 Å². The Bertz CT molecular complexity index is 608. The maximum atomic E-state index is 12.4. The fourth-order valence-corrected chi connectivity index (χ4v) is 3.32. The molecule has 2 rings (SSSR count). The maximum Gasteiger partial charge on any atom is 0.326 e. The molecule has 1 aliphatic rings. The van der Waals surface area contributed by atoms with E-state index in [1.54, 1.807) is 6.92 Å². The summed E-state index contributed by atoms with van der Waals surface area (Å²) >= 11 is 3.35. The lowest BCUT2D eigenvalue weighted by Gasteiger charge is -2.25. The highest BCUT2D eigenvalue weighted by atomic mass is 79.9. The minimum atomic E-state index is -0.998. The van der Waals surface area contributed by atoms with E-state index in [1.165, 1.54) is 4.90 Å². The Kier molecular flexibility index (Phi) is 6.36. The maximum absolute atomic E-state index is 12.4. The van der Waals surface area contributed by atoms with Crippen LogP contribution in [0.2, 0.25) is 0 Å². The molecule has 0 radical (unpaired) electrons. The van der Waals surface area contributed by atoms with Crippen LogP contribution in [0.5, 0.6) is 0 Å². The molecule has 0 bridgehead atoms. The molecule has 0 saturated carbocycles. The molecule has 130 valence electrons. The predicted molar refractivity (Wildman–Crippen MR) is 92.8 cm³/mol. The minimum absolute atomic E-state index is 0.286. The van der Waals surface area contributed by atoms with Crippen LogP contribution in [-0.4, -0.2) is 51.2 Å². The number of carboxylic acids is 1. The lowest BCUT2D eigenvalue weighted by molar-refractivity contribution is -0.149. The molecule has 1 aromatic carbocycles. The zero-order valence-corrected chi connectivity index (χ0v) is 15.0. The molecule has 0 aliphatic carbocycles. The second kappa shape index (κ2) is 8.28. The fraction of sp³-hybridized carbons (Fsp3) is 0.471. The minimum Gasteiger partial charge on any atom is -0.480 e. The third-order valence-electron chi connectivity index (χ3n) is 4.09. The van der Waals surface area contributed by atoms with Crippen LogP contribution in [0.1, 0.15) is 25.3 Å². The number of likely N-dealkylation sites (tertiary alicyclic amines) is 1. The van der Waals surface area contributed by atoms with Crippen molar-refractivity contribution in [2.45, 2.75) is 43.1 Å². The SMILES string of the molecule is C[C@H](NC(=O)C(Br)Cc1ccccc1)C(=O)N1CCC[C@H]1C(=O)O. The molecule has 1 heterocycles. The number of rotatable bonds is 6. The Morgan fingerprint density at radius 1 is 1.33 bits per heavy atom. The van der Waals surface area contributed by atoms with E-state index in [-0.39, 0.29) is 11.8 Å². The number of carbonyl (C=O) groups is 3. The largest absolute Gasteiger partial charge is 0.480 e. The Labute approximate surface area is 149 Å². The molecule has 3 atom stereocenters. The Morgan fingerprint density at radius 3 is 2.62 bits per heavy atom. The Balaban J connectivity index is 1.90. The summed E-state index contributed by atoms with van der Waals surface area (Å²) in [5.74, 6) is -1.64. The Hall–Kier alpha value is -1.89. The molecular weight excluding hydrogens is 376 g/mol. The van der Waals surface area contributed by atoms with Gasteiger partial charge >= 0.3 is 5.97 Å². The lowest BCUT2D eigenvalue weighted by atomic mass is 10.1. The van der Waals surface area contributed by atoms with E-state index in [2.05, 4.69) is 21.2 Å². The van der Waals surface area contributed by atoms with Gasteiger partial charge < -0.3 is 15.3 Å². The number of carboxylic acid groups (broad SMARTS) is 1. The van der Waals surface area contributed by atoms with E-state index in [9.17, 15) is 14.4 Å². The Morgan fingerprint density at radius 2 is 2.00 bits per heavy atom. The van der Waals surface area contributed by atoms with Crippen LogP contribution in [0.4, 0.5) is 0 Å². The molecule has 24 heavy (non-hydrogen) atoms. The quantitative estimate of drug-likeness (QED) is 0.714. The first-order chi connectivity index (χ1) is 11.4. The van der Waals surface area contributed by atoms with Crippen LogP contribution in [0.3, 0.4) is 0 Å². The first-order valence-electron chi connectivity index (χ1n) is 7.92. The van der Waals surface area contributed by atoms with E-state index in [0.29, 0.717) is 25.8 Å². The summed E-state index contributed by atoms with van der Waals surface area (Å²) in [5, 5.41) is 11.8. The van der Waals surface area contributed by atoms with Crippen molar-refractivity contribution >= 4 is 33.7 Å². The van der Waals surface area contributed by atoms with E-state index in [1.807, 2.05) is 30.3 Å². The smallest absolute Gasteiger partial charge is 0.326 e. The van der Waals surface area contributed by atoms with Crippen molar-refractivity contribution in [2.24, 2.45) is 0 Å². The highest BCUT2D eigenvalue weighted by Gasteiger charge is 2.36. The summed E-state index contributed by atoms with van der Waals surface area (Å²) in [5.41, 5.74) is 1.01. The molecule has 0 spiro atoms. The monoisotopic (exact) mass is 396 g/mol. The van der Waals surface area contributed by atoms with Gasteiger partial charge in [-0.2, -0.15) is 0 Å². The van der Waals surface area contributed by atoms with Gasteiger partial charge in [-0.05, 0) is 31.7 Å². The van der Waals surface area contributed by atoms with Gasteiger partial charge in [-0.15, -0.1) is 0 Å². The van der Waals surface area contributed by atoms with Crippen molar-refractivity contribution in [3.63, 3.8) is 0 Å². The van der Waals surface area contributed by atoms with Gasteiger partial charge in [-0.25, -0.2) is 4.79 Å². The number of hydrogen-bond donors (Lipinski definition) is 2. The van der Waals surface area contributed by atoms with Crippen molar-refractivity contribution in [3.05, 3.63) is 35.9 Å². The average Bonchev–Trinajstić information content (AvgIpc) is 3.04. The molecule has 0 aromatic heterocycles. The number of carbonyl (C=O) groups excluding carboxylic acids is 2. The molecule has 1 fully saturated rings. The van der Waals surface area contributed by atoms with Gasteiger partial charge in [0.15, 0.2) is 0 Å². The van der Waals surface area contributed by atoms with Crippen molar-refractivity contribution in [2.75, 3.05) is 6.54 Å². The van der Waals surface area contributed by atoms with Gasteiger partial charge in [0.05, 0.1) is 4.83 Å². The molecule has 2 N–H and O–H groups in total. The highest BCUT2D eigenvalue weighted by Crippen LogP contribution is 2.18. The summed E-state index contributed by atoms with van der Waals surface area (Å²) in [6.45, 7) is 2.00. The summed E-state index contributed by atoms with van der Waals surface area (Å²) in [4.78, 5) is 36.7. The summed E-state index contributed by atoms with van der Waals surface area (Å²) in [6.07, 6.45) is 1.63. The number of amides is 2. The lowest BCUT2D eigenvalue weighted by Crippen LogP contribution is -2.51. The van der Waals surface area contributed by atoms with Crippen molar-refractivity contribution in [1.82, 2.24) is 10.2 Å². The third-order valence-corrected chi connectivity index (χ3v) is 4.83. The van der Waals surface area contributed by atoms with Gasteiger partial charge in [0, 0.05) is 6.54 Å². The highest BCUT2D eigenvalue weighted by molar-refractivity contribution is 9.10. The molecule has 7 heteroatoms. The van der Waals surface area contributed by atoms with E-state index in [0.717, 1.165) is 5.56 Å². The third kappa shape index (κ3) is 4.56. The first kappa shape index (κ1) is 18.4. The zero-order valence-electron chi connectivity index (χ0n) is 13.4. The topological polar surface area (TPSA) is 86.7 Å². The number of benzene rings is 1. The number of halogens is 1. The second-order valence-corrected chi connectivity index (χ2v) is 7.02. The van der Waals surface area contributed by atoms with Crippen LogP contribution in [0.15, 0.2) is 30.3 Å². The number of nitrogens with one attached hydrogen (secondary N) is 1. The summed E-state index contributed by atoms with van der Waals surface area (Å²) in [7, 11) is 0. The molecular formula is C17H21BrN2O4. The van der Waals surface area contributed by atoms with Crippen LogP contribution in [-0.2, 0) is 20.8 Å². The van der Waals surface area contributed by atoms with Crippen LogP contribution < -0.4 is 5.32 Å². The van der Waals surface area contributed by atoms with Crippen LogP contribution in [0, 0.1) is 0 Å². The summed E-state index contributed by atoms with van der Waals surface area (Å²) in [6, 6.07) is 8.02. The van der Waals surface area contributed by atoms with E-state index < -0.39 is 22.9 Å². The van der Waals surface area contributed by atoms with Gasteiger partial charge in [-0.1, -0.05) is 46.3 Å². The van der Waals surface area contributed by atoms with E-state index >= 15 is 0 Å². The van der Waals surface area contributed by atoms with Gasteiger partial charge in [-0.3, -0.25) is 9.59 Å². The normalized spacial score (nSPS) is 19.6. The van der Waals surface area contributed by atoms with E-state index in [4.69, 9.17) is 5.11 Å². The van der Waals surface area contributed by atoms with Crippen molar-refractivity contribution < 1.29 is 19.5 Å². The van der Waals surface area contributed by atoms with Gasteiger partial charge in [0.25, 0.3) is 0 Å². The predicted octanol–water partition coefficient (Wildman–Crippen LogP) is 1.57. The van der Waals surface area contributed by atoms with Gasteiger partial charge in [0.1, 0.15) is 12.1 Å².